The normalized spacial score (nSPS) is 18.9. The van der Waals surface area contributed by atoms with Crippen LogP contribution in [0.2, 0.25) is 0 Å². The standard InChI is InChI=1S/C21H27N5O3/c1-29-18-12-16(3-8-23-18)20(28)25-10-6-21(7-11-25)5-2-19(27)26(14-21)9-4-17-13-22-15-24-17/h3,8,12-13,15H,2,4-7,9-11,14H2,1H3,(H,22,24). The molecule has 4 rings (SSSR count). The minimum atomic E-state index is 0.0172. The van der Waals surface area contributed by atoms with Crippen molar-refractivity contribution >= 4 is 11.8 Å². The van der Waals surface area contributed by atoms with Crippen molar-refractivity contribution in [1.29, 1.82) is 0 Å². The summed E-state index contributed by atoms with van der Waals surface area (Å²) < 4.78 is 5.13. The molecule has 2 aromatic rings. The zero-order valence-electron chi connectivity index (χ0n) is 16.8. The fourth-order valence-electron chi connectivity index (χ4n) is 4.41. The Hall–Kier alpha value is -2.90. The SMILES string of the molecule is COc1cc(C(=O)N2CCC3(CCC(=O)N(CCc4cnc[nH]4)C3)CC2)ccn1. The number of imidazole rings is 1. The fraction of sp³-hybridized carbons (Fsp3) is 0.524. The molecule has 8 heteroatoms. The summed E-state index contributed by atoms with van der Waals surface area (Å²) in [4.78, 5) is 40.4. The van der Waals surface area contributed by atoms with Crippen LogP contribution in [0.1, 0.15) is 41.7 Å². The van der Waals surface area contributed by atoms with Crippen LogP contribution in [0.15, 0.2) is 30.9 Å². The molecule has 0 atom stereocenters. The molecule has 0 radical (unpaired) electrons. The quantitative estimate of drug-likeness (QED) is 0.832. The Morgan fingerprint density at radius 1 is 1.31 bits per heavy atom. The molecule has 0 aliphatic carbocycles. The van der Waals surface area contributed by atoms with Gasteiger partial charge in [-0.3, -0.25) is 9.59 Å². The van der Waals surface area contributed by atoms with E-state index in [0.29, 0.717) is 37.5 Å². The highest BCUT2D eigenvalue weighted by molar-refractivity contribution is 5.94. The Bertz CT molecular complexity index is 859. The Labute approximate surface area is 170 Å². The van der Waals surface area contributed by atoms with E-state index in [9.17, 15) is 9.59 Å². The van der Waals surface area contributed by atoms with Gasteiger partial charge in [-0.2, -0.15) is 0 Å². The van der Waals surface area contributed by atoms with Crippen LogP contribution >= 0.6 is 0 Å². The van der Waals surface area contributed by atoms with E-state index in [1.807, 2.05) is 16.0 Å². The highest BCUT2D eigenvalue weighted by Crippen LogP contribution is 2.40. The van der Waals surface area contributed by atoms with Crippen molar-refractivity contribution in [3.05, 3.63) is 42.1 Å². The maximum atomic E-state index is 12.9. The van der Waals surface area contributed by atoms with Gasteiger partial charge in [0.2, 0.25) is 11.8 Å². The number of H-pyrrole nitrogens is 1. The second-order valence-electron chi connectivity index (χ2n) is 8.02. The number of rotatable bonds is 5. The van der Waals surface area contributed by atoms with Gasteiger partial charge in [-0.25, -0.2) is 9.97 Å². The number of piperidine rings is 2. The molecule has 0 saturated carbocycles. The highest BCUT2D eigenvalue weighted by Gasteiger charge is 2.41. The third kappa shape index (κ3) is 4.26. The van der Waals surface area contributed by atoms with Crippen molar-refractivity contribution < 1.29 is 14.3 Å². The third-order valence-corrected chi connectivity index (χ3v) is 6.26. The van der Waals surface area contributed by atoms with Gasteiger partial charge in [0.25, 0.3) is 5.91 Å². The van der Waals surface area contributed by atoms with Gasteiger partial charge in [0.1, 0.15) is 0 Å². The highest BCUT2D eigenvalue weighted by atomic mass is 16.5. The average molecular weight is 397 g/mol. The second-order valence-corrected chi connectivity index (χ2v) is 8.02. The molecule has 154 valence electrons. The number of likely N-dealkylation sites (tertiary alicyclic amines) is 2. The third-order valence-electron chi connectivity index (χ3n) is 6.26. The molecule has 8 nitrogen and oxygen atoms in total. The van der Waals surface area contributed by atoms with Gasteiger partial charge in [0, 0.05) is 68.7 Å². The first kappa shape index (κ1) is 19.4. The number of ether oxygens (including phenoxy) is 1. The van der Waals surface area contributed by atoms with E-state index in [1.165, 1.54) is 0 Å². The first-order chi connectivity index (χ1) is 14.1. The zero-order chi connectivity index (χ0) is 20.3. The topological polar surface area (TPSA) is 91.4 Å². The lowest BCUT2D eigenvalue weighted by atomic mass is 9.72. The van der Waals surface area contributed by atoms with Crippen LogP contribution in [0.5, 0.6) is 5.88 Å². The molecule has 2 fully saturated rings. The molecule has 2 amide bonds. The molecule has 2 saturated heterocycles. The summed E-state index contributed by atoms with van der Waals surface area (Å²) in [6, 6.07) is 3.41. The Morgan fingerprint density at radius 3 is 2.86 bits per heavy atom. The number of methoxy groups -OCH3 is 1. The lowest BCUT2D eigenvalue weighted by Crippen LogP contribution is -2.52. The Morgan fingerprint density at radius 2 is 2.14 bits per heavy atom. The van der Waals surface area contributed by atoms with Crippen LogP contribution in [0.3, 0.4) is 0 Å². The number of hydrogen-bond donors (Lipinski definition) is 1. The summed E-state index contributed by atoms with van der Waals surface area (Å²) >= 11 is 0. The molecule has 2 aliphatic heterocycles. The number of aromatic amines is 1. The number of pyridine rings is 1. The number of carbonyl (C=O) groups excluding carboxylic acids is 2. The van der Waals surface area contributed by atoms with Crippen LogP contribution in [0, 0.1) is 5.41 Å². The average Bonchev–Trinajstić information content (AvgIpc) is 3.28. The molecule has 2 aliphatic rings. The second kappa shape index (κ2) is 8.23. The Balaban J connectivity index is 1.36. The van der Waals surface area contributed by atoms with Gasteiger partial charge in [-0.15, -0.1) is 0 Å². The summed E-state index contributed by atoms with van der Waals surface area (Å²) in [6.07, 6.45) is 9.22. The maximum absolute atomic E-state index is 12.9. The molecule has 1 N–H and O–H groups in total. The molecule has 0 aromatic carbocycles. The summed E-state index contributed by atoms with van der Waals surface area (Å²) in [5.74, 6) is 0.698. The maximum Gasteiger partial charge on any atom is 0.254 e. The van der Waals surface area contributed by atoms with Crippen LogP contribution in [-0.2, 0) is 11.2 Å². The van der Waals surface area contributed by atoms with E-state index in [-0.39, 0.29) is 17.2 Å². The molecule has 0 unspecified atom stereocenters. The van der Waals surface area contributed by atoms with Crippen LogP contribution in [0.25, 0.3) is 0 Å². The predicted octanol–water partition coefficient (Wildman–Crippen LogP) is 1.90. The van der Waals surface area contributed by atoms with Gasteiger partial charge >= 0.3 is 0 Å². The number of aromatic nitrogens is 3. The van der Waals surface area contributed by atoms with E-state index in [2.05, 4.69) is 15.0 Å². The van der Waals surface area contributed by atoms with Gasteiger partial charge in [-0.1, -0.05) is 0 Å². The molecule has 0 bridgehead atoms. The van der Waals surface area contributed by atoms with Gasteiger partial charge in [0.15, 0.2) is 0 Å². The monoisotopic (exact) mass is 397 g/mol. The summed E-state index contributed by atoms with van der Waals surface area (Å²) in [5, 5.41) is 0. The number of nitrogens with zero attached hydrogens (tertiary/aromatic N) is 4. The molecule has 2 aromatic heterocycles. The van der Waals surface area contributed by atoms with Crippen molar-refractivity contribution in [1.82, 2.24) is 24.8 Å². The fourth-order valence-corrected chi connectivity index (χ4v) is 4.41. The minimum Gasteiger partial charge on any atom is -0.481 e. The molecule has 29 heavy (non-hydrogen) atoms. The zero-order valence-corrected chi connectivity index (χ0v) is 16.8. The van der Waals surface area contributed by atoms with Crippen molar-refractivity contribution in [3.63, 3.8) is 0 Å². The largest absolute Gasteiger partial charge is 0.481 e. The minimum absolute atomic E-state index is 0.0172. The van der Waals surface area contributed by atoms with E-state index in [1.54, 1.807) is 31.8 Å². The van der Waals surface area contributed by atoms with Crippen molar-refractivity contribution in [2.75, 3.05) is 33.3 Å². The lowest BCUT2D eigenvalue weighted by Gasteiger charge is -2.47. The van der Waals surface area contributed by atoms with Gasteiger partial charge in [-0.05, 0) is 30.7 Å². The number of amides is 2. The summed E-state index contributed by atoms with van der Waals surface area (Å²) in [7, 11) is 1.55. The molecular weight excluding hydrogens is 370 g/mol. The summed E-state index contributed by atoms with van der Waals surface area (Å²) in [5.41, 5.74) is 1.77. The summed E-state index contributed by atoms with van der Waals surface area (Å²) in [6.45, 7) is 2.92. The van der Waals surface area contributed by atoms with E-state index >= 15 is 0 Å². The van der Waals surface area contributed by atoms with Crippen LogP contribution in [-0.4, -0.2) is 69.9 Å². The lowest BCUT2D eigenvalue weighted by molar-refractivity contribution is -0.138. The number of hydrogen-bond acceptors (Lipinski definition) is 5. The molecule has 1 spiro atoms. The van der Waals surface area contributed by atoms with E-state index in [0.717, 1.165) is 37.9 Å². The van der Waals surface area contributed by atoms with Crippen LogP contribution < -0.4 is 4.74 Å². The van der Waals surface area contributed by atoms with Crippen molar-refractivity contribution in [3.8, 4) is 5.88 Å². The number of nitrogens with one attached hydrogen (secondary N) is 1. The van der Waals surface area contributed by atoms with Crippen molar-refractivity contribution in [2.45, 2.75) is 32.1 Å². The first-order valence-electron chi connectivity index (χ1n) is 10.1. The Kier molecular flexibility index (Phi) is 5.51. The van der Waals surface area contributed by atoms with Crippen molar-refractivity contribution in [2.24, 2.45) is 5.41 Å². The van der Waals surface area contributed by atoms with E-state index < -0.39 is 0 Å². The number of carbonyl (C=O) groups is 2. The molecule has 4 heterocycles. The van der Waals surface area contributed by atoms with Gasteiger partial charge in [0.05, 0.1) is 13.4 Å². The smallest absolute Gasteiger partial charge is 0.254 e. The first-order valence-corrected chi connectivity index (χ1v) is 10.1. The van der Waals surface area contributed by atoms with E-state index in [4.69, 9.17) is 4.74 Å². The molecular formula is C21H27N5O3. The van der Waals surface area contributed by atoms with Crippen LogP contribution in [0.4, 0.5) is 0 Å². The van der Waals surface area contributed by atoms with Gasteiger partial charge < -0.3 is 19.5 Å². The predicted molar refractivity (Wildman–Crippen MR) is 106 cm³/mol.